The van der Waals surface area contributed by atoms with E-state index >= 15 is 0 Å². The Hall–Kier alpha value is -1.52. The van der Waals surface area contributed by atoms with Crippen molar-refractivity contribution >= 4 is 15.9 Å². The largest absolute Gasteiger partial charge is 0.490 e. The molecule has 0 saturated heterocycles. The lowest BCUT2D eigenvalue weighted by Gasteiger charge is -2.15. The fraction of sp³-hybridized carbons (Fsp3) is 0.294. The molecule has 0 aromatic heterocycles. The van der Waals surface area contributed by atoms with Crippen LogP contribution in [-0.4, -0.2) is 13.2 Å². The Kier molecular flexibility index (Phi) is 6.08. The zero-order valence-electron chi connectivity index (χ0n) is 12.4. The van der Waals surface area contributed by atoms with Gasteiger partial charge in [0, 0.05) is 16.6 Å². The Morgan fingerprint density at radius 2 is 1.76 bits per heavy atom. The van der Waals surface area contributed by atoms with Crippen molar-refractivity contribution in [3.05, 3.63) is 52.5 Å². The highest BCUT2D eigenvalue weighted by Crippen LogP contribution is 2.34. The minimum atomic E-state index is 0.614. The molecule has 0 fully saturated rings. The Bertz CT molecular complexity index is 587. The lowest BCUT2D eigenvalue weighted by atomic mass is 10.2. The molecule has 2 aromatic rings. The van der Waals surface area contributed by atoms with Gasteiger partial charge < -0.3 is 14.8 Å². The van der Waals surface area contributed by atoms with Crippen LogP contribution in [0.25, 0.3) is 0 Å². The predicted molar refractivity (Wildman–Crippen MR) is 89.2 cm³/mol. The molecule has 0 aliphatic carbocycles. The monoisotopic (exact) mass is 349 g/mol. The smallest absolute Gasteiger partial charge is 0.169 e. The summed E-state index contributed by atoms with van der Waals surface area (Å²) in [7, 11) is 0. The van der Waals surface area contributed by atoms with E-state index in [1.165, 1.54) is 0 Å². The van der Waals surface area contributed by atoms with Gasteiger partial charge >= 0.3 is 0 Å². The third kappa shape index (κ3) is 4.48. The number of hydrogen-bond donors (Lipinski definition) is 1. The quantitative estimate of drug-likeness (QED) is 0.782. The van der Waals surface area contributed by atoms with E-state index in [1.807, 2.05) is 43.3 Å². The molecule has 112 valence electrons. The summed E-state index contributed by atoms with van der Waals surface area (Å²) in [5, 5.41) is 3.32. The zero-order chi connectivity index (χ0) is 15.1. The fourth-order valence-electron chi connectivity index (χ4n) is 1.96. The molecule has 1 N–H and O–H groups in total. The summed E-state index contributed by atoms with van der Waals surface area (Å²) in [6, 6.07) is 13.8. The SMILES string of the molecule is CCNCc1ccc(Br)cc1Oc1ccccc1OCC. The van der Waals surface area contributed by atoms with Crippen molar-refractivity contribution in [2.24, 2.45) is 0 Å². The van der Waals surface area contributed by atoms with Crippen molar-refractivity contribution in [1.29, 1.82) is 0 Å². The zero-order valence-corrected chi connectivity index (χ0v) is 13.9. The second-order valence-corrected chi connectivity index (χ2v) is 5.43. The number of benzene rings is 2. The highest BCUT2D eigenvalue weighted by atomic mass is 79.9. The molecule has 0 bridgehead atoms. The van der Waals surface area contributed by atoms with Crippen molar-refractivity contribution < 1.29 is 9.47 Å². The summed E-state index contributed by atoms with van der Waals surface area (Å²) in [6.07, 6.45) is 0. The molecule has 2 aromatic carbocycles. The average Bonchev–Trinajstić information content (AvgIpc) is 2.49. The molecule has 3 nitrogen and oxygen atoms in total. The molecule has 0 spiro atoms. The minimum Gasteiger partial charge on any atom is -0.490 e. The molecule has 0 unspecified atom stereocenters. The van der Waals surface area contributed by atoms with Gasteiger partial charge in [0.15, 0.2) is 11.5 Å². The van der Waals surface area contributed by atoms with Crippen molar-refractivity contribution in [2.45, 2.75) is 20.4 Å². The number of hydrogen-bond acceptors (Lipinski definition) is 3. The molecule has 2 rings (SSSR count). The van der Waals surface area contributed by atoms with E-state index in [0.29, 0.717) is 6.61 Å². The minimum absolute atomic E-state index is 0.614. The molecule has 4 heteroatoms. The Labute approximate surface area is 134 Å². The van der Waals surface area contributed by atoms with Crippen molar-refractivity contribution in [2.75, 3.05) is 13.2 Å². The van der Waals surface area contributed by atoms with E-state index in [4.69, 9.17) is 9.47 Å². The first kappa shape index (κ1) is 15.9. The number of para-hydroxylation sites is 2. The van der Waals surface area contributed by atoms with E-state index in [-0.39, 0.29) is 0 Å². The molecule has 0 atom stereocenters. The van der Waals surface area contributed by atoms with Crippen LogP contribution in [0.1, 0.15) is 19.4 Å². The first-order valence-corrected chi connectivity index (χ1v) is 7.92. The highest BCUT2D eigenvalue weighted by Gasteiger charge is 2.09. The molecule has 0 aliphatic heterocycles. The maximum atomic E-state index is 6.08. The van der Waals surface area contributed by atoms with Gasteiger partial charge in [-0.2, -0.15) is 0 Å². The van der Waals surface area contributed by atoms with Gasteiger partial charge in [0.2, 0.25) is 0 Å². The molecule has 21 heavy (non-hydrogen) atoms. The third-order valence-electron chi connectivity index (χ3n) is 2.96. The maximum Gasteiger partial charge on any atom is 0.169 e. The summed E-state index contributed by atoms with van der Waals surface area (Å²) in [5.41, 5.74) is 1.12. The standard InChI is InChI=1S/C17H20BrNO2/c1-3-19-12-13-9-10-14(18)11-17(13)21-16-8-6-5-7-15(16)20-4-2/h5-11,19H,3-4,12H2,1-2H3. The summed E-state index contributed by atoms with van der Waals surface area (Å²) in [4.78, 5) is 0. The van der Waals surface area contributed by atoms with Gasteiger partial charge in [0.1, 0.15) is 5.75 Å². The lowest BCUT2D eigenvalue weighted by molar-refractivity contribution is 0.321. The van der Waals surface area contributed by atoms with Crippen LogP contribution in [0.2, 0.25) is 0 Å². The molecule has 0 saturated carbocycles. The van der Waals surface area contributed by atoms with Gasteiger partial charge in [-0.15, -0.1) is 0 Å². The molecule has 0 amide bonds. The van der Waals surface area contributed by atoms with Gasteiger partial charge in [-0.25, -0.2) is 0 Å². The van der Waals surface area contributed by atoms with E-state index < -0.39 is 0 Å². The Morgan fingerprint density at radius 1 is 1.00 bits per heavy atom. The second-order valence-electron chi connectivity index (χ2n) is 4.51. The highest BCUT2D eigenvalue weighted by molar-refractivity contribution is 9.10. The van der Waals surface area contributed by atoms with Crippen LogP contribution in [0.15, 0.2) is 46.9 Å². The van der Waals surface area contributed by atoms with Gasteiger partial charge in [-0.3, -0.25) is 0 Å². The van der Waals surface area contributed by atoms with Crippen molar-refractivity contribution in [3.8, 4) is 17.2 Å². The fourth-order valence-corrected chi connectivity index (χ4v) is 2.30. The topological polar surface area (TPSA) is 30.5 Å². The van der Waals surface area contributed by atoms with Crippen LogP contribution < -0.4 is 14.8 Å². The first-order chi connectivity index (χ1) is 10.2. The number of halogens is 1. The molecular weight excluding hydrogens is 330 g/mol. The van der Waals surface area contributed by atoms with Gasteiger partial charge in [0.05, 0.1) is 6.61 Å². The van der Waals surface area contributed by atoms with Crippen LogP contribution in [0.5, 0.6) is 17.2 Å². The van der Waals surface area contributed by atoms with E-state index in [0.717, 1.165) is 40.4 Å². The summed E-state index contributed by atoms with van der Waals surface area (Å²) >= 11 is 3.50. The Morgan fingerprint density at radius 3 is 2.48 bits per heavy atom. The summed E-state index contributed by atoms with van der Waals surface area (Å²) in [5.74, 6) is 2.32. The van der Waals surface area contributed by atoms with E-state index in [1.54, 1.807) is 0 Å². The van der Waals surface area contributed by atoms with Crippen LogP contribution in [0.3, 0.4) is 0 Å². The normalized spacial score (nSPS) is 10.4. The van der Waals surface area contributed by atoms with E-state index in [9.17, 15) is 0 Å². The number of nitrogens with one attached hydrogen (secondary N) is 1. The molecule has 0 heterocycles. The number of rotatable bonds is 7. The average molecular weight is 350 g/mol. The summed E-state index contributed by atoms with van der Waals surface area (Å²) < 4.78 is 12.7. The Balaban J connectivity index is 2.27. The van der Waals surface area contributed by atoms with Gasteiger partial charge in [-0.05, 0) is 37.7 Å². The van der Waals surface area contributed by atoms with Gasteiger partial charge in [0.25, 0.3) is 0 Å². The van der Waals surface area contributed by atoms with Gasteiger partial charge in [-0.1, -0.05) is 41.1 Å². The third-order valence-corrected chi connectivity index (χ3v) is 3.46. The summed E-state index contributed by atoms with van der Waals surface area (Å²) in [6.45, 7) is 6.36. The van der Waals surface area contributed by atoms with Crippen LogP contribution in [-0.2, 0) is 6.54 Å². The number of ether oxygens (including phenoxy) is 2. The maximum absolute atomic E-state index is 6.08. The molecule has 0 radical (unpaired) electrons. The molecular formula is C17H20BrNO2. The second kappa shape index (κ2) is 8.05. The van der Waals surface area contributed by atoms with Crippen LogP contribution in [0, 0.1) is 0 Å². The van der Waals surface area contributed by atoms with E-state index in [2.05, 4.69) is 34.2 Å². The van der Waals surface area contributed by atoms with Crippen molar-refractivity contribution in [3.63, 3.8) is 0 Å². The van der Waals surface area contributed by atoms with Crippen LogP contribution >= 0.6 is 15.9 Å². The molecule has 0 aliphatic rings. The lowest BCUT2D eigenvalue weighted by Crippen LogP contribution is -2.12. The first-order valence-electron chi connectivity index (χ1n) is 7.13. The van der Waals surface area contributed by atoms with Crippen LogP contribution in [0.4, 0.5) is 0 Å². The van der Waals surface area contributed by atoms with Crippen molar-refractivity contribution in [1.82, 2.24) is 5.32 Å². The predicted octanol–water partition coefficient (Wildman–Crippen LogP) is 4.75.